The Morgan fingerprint density at radius 2 is 1.89 bits per heavy atom. The van der Waals surface area contributed by atoms with E-state index in [1.807, 2.05) is 6.92 Å². The Labute approximate surface area is 108 Å². The van der Waals surface area contributed by atoms with Gasteiger partial charge in [-0.15, -0.1) is 0 Å². The van der Waals surface area contributed by atoms with Crippen molar-refractivity contribution in [3.63, 3.8) is 0 Å². The maximum Gasteiger partial charge on any atom is 0.126 e. The fraction of sp³-hybridized carbons (Fsp3) is 0.600. The van der Waals surface area contributed by atoms with E-state index in [2.05, 4.69) is 12.2 Å². The summed E-state index contributed by atoms with van der Waals surface area (Å²) in [5, 5.41) is 3.38. The molecule has 1 aliphatic rings. The van der Waals surface area contributed by atoms with Crippen molar-refractivity contribution in [3.05, 3.63) is 35.4 Å². The molecule has 1 aromatic rings. The van der Waals surface area contributed by atoms with Crippen molar-refractivity contribution in [3.8, 4) is 0 Å². The highest BCUT2D eigenvalue weighted by Gasteiger charge is 2.29. The first-order valence-electron chi connectivity index (χ1n) is 6.79. The molecule has 0 aliphatic heterocycles. The van der Waals surface area contributed by atoms with Gasteiger partial charge in [0.2, 0.25) is 0 Å². The first-order chi connectivity index (χ1) is 8.60. The summed E-state index contributed by atoms with van der Waals surface area (Å²) < 4.78 is 26.6. The zero-order valence-electron chi connectivity index (χ0n) is 11.0. The van der Waals surface area contributed by atoms with Crippen molar-refractivity contribution >= 4 is 0 Å². The Morgan fingerprint density at radius 1 is 1.22 bits per heavy atom. The van der Waals surface area contributed by atoms with Crippen molar-refractivity contribution < 1.29 is 8.78 Å². The maximum atomic E-state index is 13.3. The molecule has 1 nitrogen and oxygen atoms in total. The van der Waals surface area contributed by atoms with Gasteiger partial charge in [-0.3, -0.25) is 0 Å². The molecule has 100 valence electrons. The van der Waals surface area contributed by atoms with E-state index in [0.717, 1.165) is 36.9 Å². The number of nitrogens with one attached hydrogen (secondary N) is 1. The number of rotatable bonds is 4. The summed E-state index contributed by atoms with van der Waals surface area (Å²) in [6.07, 6.45) is 3.48. The largest absolute Gasteiger partial charge is 0.310 e. The lowest BCUT2D eigenvalue weighted by atomic mass is 9.90. The normalized spacial score (nSPS) is 25.3. The van der Waals surface area contributed by atoms with Gasteiger partial charge in [-0.05, 0) is 48.9 Å². The molecule has 0 saturated heterocycles. The minimum atomic E-state index is -0.487. The average Bonchev–Trinajstić information content (AvgIpc) is 2.71. The molecule has 0 spiro atoms. The molecule has 0 heterocycles. The predicted molar refractivity (Wildman–Crippen MR) is 69.3 cm³/mol. The van der Waals surface area contributed by atoms with Gasteiger partial charge in [0.1, 0.15) is 11.6 Å². The Kier molecular flexibility index (Phi) is 4.33. The molecule has 0 bridgehead atoms. The van der Waals surface area contributed by atoms with Crippen LogP contribution in [-0.2, 0) is 0 Å². The van der Waals surface area contributed by atoms with Crippen molar-refractivity contribution in [2.75, 3.05) is 6.54 Å². The van der Waals surface area contributed by atoms with E-state index in [1.165, 1.54) is 18.6 Å². The van der Waals surface area contributed by atoms with Crippen molar-refractivity contribution in [2.24, 2.45) is 11.8 Å². The lowest BCUT2D eigenvalue weighted by Gasteiger charge is -2.25. The fourth-order valence-corrected chi connectivity index (χ4v) is 3.09. The summed E-state index contributed by atoms with van der Waals surface area (Å²) in [6.45, 7) is 5.09. The van der Waals surface area contributed by atoms with Gasteiger partial charge in [0.15, 0.2) is 0 Å². The summed E-state index contributed by atoms with van der Waals surface area (Å²) in [5.74, 6) is 0.230. The molecule has 1 N–H and O–H groups in total. The Balaban J connectivity index is 2.23. The molecule has 1 saturated carbocycles. The standard InChI is InChI=1S/C15H21F2N/c1-3-18-15(11-5-4-10(2)6-11)12-7-13(16)9-14(17)8-12/h7-11,15,18H,3-6H2,1-2H3. The number of hydrogen-bond acceptors (Lipinski definition) is 1. The molecule has 0 radical (unpaired) electrons. The van der Waals surface area contributed by atoms with E-state index in [-0.39, 0.29) is 6.04 Å². The molecular formula is C15H21F2N. The van der Waals surface area contributed by atoms with E-state index in [4.69, 9.17) is 0 Å². The zero-order valence-corrected chi connectivity index (χ0v) is 11.0. The molecule has 1 aliphatic carbocycles. The number of hydrogen-bond donors (Lipinski definition) is 1. The molecule has 3 atom stereocenters. The third-order valence-corrected chi connectivity index (χ3v) is 3.87. The van der Waals surface area contributed by atoms with Gasteiger partial charge in [-0.25, -0.2) is 8.78 Å². The minimum absolute atomic E-state index is 0.0742. The van der Waals surface area contributed by atoms with Gasteiger partial charge >= 0.3 is 0 Å². The summed E-state index contributed by atoms with van der Waals surface area (Å²) in [6, 6.07) is 3.92. The summed E-state index contributed by atoms with van der Waals surface area (Å²) in [4.78, 5) is 0. The van der Waals surface area contributed by atoms with Crippen LogP contribution in [-0.4, -0.2) is 6.54 Å². The topological polar surface area (TPSA) is 12.0 Å². The van der Waals surface area contributed by atoms with Crippen LogP contribution in [0.15, 0.2) is 18.2 Å². The van der Waals surface area contributed by atoms with Crippen LogP contribution < -0.4 is 5.32 Å². The predicted octanol–water partition coefficient (Wildman–Crippen LogP) is 4.05. The van der Waals surface area contributed by atoms with Crippen LogP contribution in [0, 0.1) is 23.5 Å². The second-order valence-electron chi connectivity index (χ2n) is 5.42. The highest BCUT2D eigenvalue weighted by atomic mass is 19.1. The van der Waals surface area contributed by atoms with Crippen LogP contribution in [0.25, 0.3) is 0 Å². The third kappa shape index (κ3) is 3.08. The van der Waals surface area contributed by atoms with Crippen LogP contribution in [0.3, 0.4) is 0 Å². The molecular weight excluding hydrogens is 232 g/mol. The lowest BCUT2D eigenvalue weighted by molar-refractivity contribution is 0.362. The Morgan fingerprint density at radius 3 is 2.39 bits per heavy atom. The van der Waals surface area contributed by atoms with Crippen LogP contribution in [0.1, 0.15) is 44.7 Å². The lowest BCUT2D eigenvalue weighted by Crippen LogP contribution is -2.27. The van der Waals surface area contributed by atoms with E-state index in [1.54, 1.807) is 0 Å². The summed E-state index contributed by atoms with van der Waals surface area (Å²) >= 11 is 0. The number of halogens is 2. The summed E-state index contributed by atoms with van der Waals surface area (Å²) in [5.41, 5.74) is 0.744. The second-order valence-corrected chi connectivity index (χ2v) is 5.42. The fourth-order valence-electron chi connectivity index (χ4n) is 3.09. The van der Waals surface area contributed by atoms with Gasteiger partial charge in [0, 0.05) is 12.1 Å². The van der Waals surface area contributed by atoms with Crippen LogP contribution in [0.5, 0.6) is 0 Å². The van der Waals surface area contributed by atoms with Gasteiger partial charge in [-0.1, -0.05) is 20.3 Å². The zero-order chi connectivity index (χ0) is 13.1. The molecule has 1 fully saturated rings. The van der Waals surface area contributed by atoms with E-state index in [9.17, 15) is 8.78 Å². The van der Waals surface area contributed by atoms with Crippen LogP contribution in [0.4, 0.5) is 8.78 Å². The average molecular weight is 253 g/mol. The van der Waals surface area contributed by atoms with E-state index < -0.39 is 11.6 Å². The van der Waals surface area contributed by atoms with E-state index >= 15 is 0 Å². The first-order valence-corrected chi connectivity index (χ1v) is 6.79. The number of benzene rings is 1. The van der Waals surface area contributed by atoms with Crippen molar-refractivity contribution in [1.29, 1.82) is 0 Å². The smallest absolute Gasteiger partial charge is 0.126 e. The highest BCUT2D eigenvalue weighted by Crippen LogP contribution is 2.39. The monoisotopic (exact) mass is 253 g/mol. The minimum Gasteiger partial charge on any atom is -0.310 e. The highest BCUT2D eigenvalue weighted by molar-refractivity contribution is 5.22. The molecule has 0 amide bonds. The first kappa shape index (κ1) is 13.5. The maximum absolute atomic E-state index is 13.3. The molecule has 18 heavy (non-hydrogen) atoms. The van der Waals surface area contributed by atoms with Gasteiger partial charge in [0.05, 0.1) is 0 Å². The Hall–Kier alpha value is -0.960. The van der Waals surface area contributed by atoms with Crippen molar-refractivity contribution in [2.45, 2.75) is 39.2 Å². The molecule has 3 heteroatoms. The van der Waals surface area contributed by atoms with Gasteiger partial charge < -0.3 is 5.32 Å². The van der Waals surface area contributed by atoms with Gasteiger partial charge in [0.25, 0.3) is 0 Å². The molecule has 1 aromatic carbocycles. The summed E-state index contributed by atoms with van der Waals surface area (Å²) in [7, 11) is 0. The van der Waals surface area contributed by atoms with Crippen LogP contribution >= 0.6 is 0 Å². The SMILES string of the molecule is CCNC(c1cc(F)cc(F)c1)C1CCC(C)C1. The van der Waals surface area contributed by atoms with Crippen LogP contribution in [0.2, 0.25) is 0 Å². The Bertz CT molecular complexity index is 385. The third-order valence-electron chi connectivity index (χ3n) is 3.87. The van der Waals surface area contributed by atoms with Gasteiger partial charge in [-0.2, -0.15) is 0 Å². The van der Waals surface area contributed by atoms with E-state index in [0.29, 0.717) is 5.92 Å². The molecule has 3 unspecified atom stereocenters. The van der Waals surface area contributed by atoms with Crippen molar-refractivity contribution in [1.82, 2.24) is 5.32 Å². The molecule has 0 aromatic heterocycles. The quantitative estimate of drug-likeness (QED) is 0.853. The second kappa shape index (κ2) is 5.79. The molecule has 2 rings (SSSR count).